The topological polar surface area (TPSA) is 30.5 Å². The predicted molar refractivity (Wildman–Crippen MR) is 70.4 cm³/mol. The number of hydrogen-bond donors (Lipinski definition) is 1. The fraction of sp³-hybridized carbons (Fsp3) is 0.385. The molecule has 2 rings (SSSR count). The van der Waals surface area contributed by atoms with E-state index in [-0.39, 0.29) is 0 Å². The number of hydrogen-bond acceptors (Lipinski definition) is 3. The molecule has 0 aromatic heterocycles. The normalized spacial score (nSPS) is 14.6. The molecule has 0 saturated carbocycles. The van der Waals surface area contributed by atoms with E-state index in [1.165, 1.54) is 0 Å². The van der Waals surface area contributed by atoms with Gasteiger partial charge < -0.3 is 14.8 Å². The Kier molecular flexibility index (Phi) is 4.56. The van der Waals surface area contributed by atoms with Crippen LogP contribution in [0.5, 0.6) is 11.5 Å². The number of anilines is 1. The molecule has 0 aliphatic carbocycles. The van der Waals surface area contributed by atoms with Gasteiger partial charge in [-0.05, 0) is 12.1 Å². The Hall–Kier alpha value is -1.35. The van der Waals surface area contributed by atoms with Crippen molar-refractivity contribution >= 4 is 17.3 Å². The average molecular weight is 254 g/mol. The van der Waals surface area contributed by atoms with Gasteiger partial charge >= 0.3 is 0 Å². The third-order valence-corrected chi connectivity index (χ3v) is 2.61. The van der Waals surface area contributed by atoms with E-state index in [0.29, 0.717) is 12.5 Å². The van der Waals surface area contributed by atoms with Crippen LogP contribution in [-0.4, -0.2) is 25.6 Å². The number of alkyl halides is 1. The first-order valence-corrected chi connectivity index (χ1v) is 6.28. The summed E-state index contributed by atoms with van der Waals surface area (Å²) in [7, 11) is 0. The zero-order valence-electron chi connectivity index (χ0n) is 9.62. The Morgan fingerprint density at radius 2 is 2.00 bits per heavy atom. The van der Waals surface area contributed by atoms with Crippen molar-refractivity contribution in [2.45, 2.75) is 6.42 Å². The van der Waals surface area contributed by atoms with Crippen LogP contribution in [-0.2, 0) is 0 Å². The first kappa shape index (κ1) is 12.1. The van der Waals surface area contributed by atoms with E-state index in [1.54, 1.807) is 0 Å². The molecular weight excluding hydrogens is 238 g/mol. The number of ether oxygens (including phenoxy) is 2. The lowest BCUT2D eigenvalue weighted by molar-refractivity contribution is 0.297. The minimum Gasteiger partial charge on any atom is -0.490 e. The molecule has 17 heavy (non-hydrogen) atoms. The molecule has 1 aliphatic heterocycles. The minimum atomic E-state index is 0.544. The van der Waals surface area contributed by atoms with Crippen LogP contribution in [0.25, 0.3) is 0 Å². The van der Waals surface area contributed by atoms with Crippen LogP contribution in [0.15, 0.2) is 30.4 Å². The van der Waals surface area contributed by atoms with Gasteiger partial charge in [-0.25, -0.2) is 0 Å². The molecule has 0 amide bonds. The van der Waals surface area contributed by atoms with E-state index in [1.807, 2.05) is 30.4 Å². The standard InChI is InChI=1S/C13H16ClNO2/c14-6-1-2-7-15-11-4-5-12-13(10-11)17-9-3-8-16-12/h1-2,4-5,10,15H,3,6-9H2/b2-1+. The number of halogens is 1. The molecule has 4 heteroatoms. The third kappa shape index (κ3) is 3.56. The van der Waals surface area contributed by atoms with Gasteiger partial charge in [0.15, 0.2) is 11.5 Å². The fourth-order valence-corrected chi connectivity index (χ4v) is 1.72. The van der Waals surface area contributed by atoms with Crippen molar-refractivity contribution in [3.63, 3.8) is 0 Å². The third-order valence-electron chi connectivity index (χ3n) is 2.43. The van der Waals surface area contributed by atoms with Gasteiger partial charge in [0.25, 0.3) is 0 Å². The highest BCUT2D eigenvalue weighted by molar-refractivity contribution is 6.18. The van der Waals surface area contributed by atoms with Gasteiger partial charge in [-0.1, -0.05) is 12.2 Å². The lowest BCUT2D eigenvalue weighted by Gasteiger charge is -2.09. The van der Waals surface area contributed by atoms with E-state index in [4.69, 9.17) is 21.1 Å². The number of rotatable bonds is 4. The summed E-state index contributed by atoms with van der Waals surface area (Å²) in [6, 6.07) is 5.89. The van der Waals surface area contributed by atoms with Crippen LogP contribution in [0.1, 0.15) is 6.42 Å². The monoisotopic (exact) mass is 253 g/mol. The molecule has 1 aromatic carbocycles. The highest BCUT2D eigenvalue weighted by Gasteiger charge is 2.09. The van der Waals surface area contributed by atoms with Crippen molar-refractivity contribution in [1.82, 2.24) is 0 Å². The Bertz CT molecular complexity index is 393. The van der Waals surface area contributed by atoms with Gasteiger partial charge in [-0.2, -0.15) is 0 Å². The van der Waals surface area contributed by atoms with Crippen LogP contribution >= 0.6 is 11.6 Å². The smallest absolute Gasteiger partial charge is 0.163 e. The van der Waals surface area contributed by atoms with Crippen LogP contribution in [0, 0.1) is 0 Å². The zero-order chi connectivity index (χ0) is 11.9. The maximum Gasteiger partial charge on any atom is 0.163 e. The highest BCUT2D eigenvalue weighted by Crippen LogP contribution is 2.32. The van der Waals surface area contributed by atoms with Crippen molar-refractivity contribution in [2.75, 3.05) is 31.0 Å². The molecule has 3 nitrogen and oxygen atoms in total. The molecular formula is C13H16ClNO2. The van der Waals surface area contributed by atoms with Crippen molar-refractivity contribution in [3.8, 4) is 11.5 Å². The summed E-state index contributed by atoms with van der Waals surface area (Å²) in [6.45, 7) is 2.19. The number of allylic oxidation sites excluding steroid dienone is 1. The van der Waals surface area contributed by atoms with Gasteiger partial charge in [0.2, 0.25) is 0 Å². The van der Waals surface area contributed by atoms with E-state index in [0.717, 1.165) is 36.8 Å². The molecule has 0 saturated heterocycles. The highest BCUT2D eigenvalue weighted by atomic mass is 35.5. The molecule has 0 unspecified atom stereocenters. The van der Waals surface area contributed by atoms with Crippen molar-refractivity contribution < 1.29 is 9.47 Å². The molecule has 0 spiro atoms. The summed E-state index contributed by atoms with van der Waals surface area (Å²) < 4.78 is 11.2. The Balaban J connectivity index is 1.99. The van der Waals surface area contributed by atoms with Crippen LogP contribution in [0.4, 0.5) is 5.69 Å². The fourth-order valence-electron chi connectivity index (χ4n) is 1.60. The summed E-state index contributed by atoms with van der Waals surface area (Å²) in [6.07, 6.45) is 4.84. The number of nitrogens with one attached hydrogen (secondary N) is 1. The van der Waals surface area contributed by atoms with E-state index in [9.17, 15) is 0 Å². The first-order valence-electron chi connectivity index (χ1n) is 5.74. The van der Waals surface area contributed by atoms with E-state index >= 15 is 0 Å². The van der Waals surface area contributed by atoms with Crippen LogP contribution in [0.3, 0.4) is 0 Å². The SMILES string of the molecule is ClC/C=C/CNc1ccc2c(c1)OCCCO2. The molecule has 1 aliphatic rings. The average Bonchev–Trinajstić information content (AvgIpc) is 2.59. The van der Waals surface area contributed by atoms with Crippen LogP contribution in [0.2, 0.25) is 0 Å². The Morgan fingerprint density at radius 1 is 1.18 bits per heavy atom. The van der Waals surface area contributed by atoms with Crippen molar-refractivity contribution in [2.24, 2.45) is 0 Å². The summed E-state index contributed by atoms with van der Waals surface area (Å²) in [5.74, 6) is 2.18. The van der Waals surface area contributed by atoms with E-state index in [2.05, 4.69) is 5.32 Å². The second-order valence-corrected chi connectivity index (χ2v) is 4.03. The molecule has 0 radical (unpaired) electrons. The predicted octanol–water partition coefficient (Wildman–Crippen LogP) is 3.05. The van der Waals surface area contributed by atoms with Gasteiger partial charge in [0.1, 0.15) is 0 Å². The van der Waals surface area contributed by atoms with Gasteiger partial charge in [-0.3, -0.25) is 0 Å². The Morgan fingerprint density at radius 3 is 2.82 bits per heavy atom. The first-order chi connectivity index (χ1) is 8.40. The molecule has 1 N–H and O–H groups in total. The molecule has 92 valence electrons. The molecule has 1 heterocycles. The second kappa shape index (κ2) is 6.40. The molecule has 1 aromatic rings. The van der Waals surface area contributed by atoms with E-state index < -0.39 is 0 Å². The summed E-state index contributed by atoms with van der Waals surface area (Å²) in [5.41, 5.74) is 1.02. The molecule has 0 atom stereocenters. The Labute approximate surface area is 106 Å². The summed E-state index contributed by atoms with van der Waals surface area (Å²) in [4.78, 5) is 0. The molecule has 0 fully saturated rings. The summed E-state index contributed by atoms with van der Waals surface area (Å²) >= 11 is 5.55. The quantitative estimate of drug-likeness (QED) is 0.661. The lowest BCUT2D eigenvalue weighted by atomic mass is 10.2. The van der Waals surface area contributed by atoms with Gasteiger partial charge in [-0.15, -0.1) is 11.6 Å². The second-order valence-electron chi connectivity index (χ2n) is 3.72. The molecule has 0 bridgehead atoms. The lowest BCUT2D eigenvalue weighted by Crippen LogP contribution is -1.99. The largest absolute Gasteiger partial charge is 0.490 e. The van der Waals surface area contributed by atoms with Crippen molar-refractivity contribution in [1.29, 1.82) is 0 Å². The number of benzene rings is 1. The van der Waals surface area contributed by atoms with Crippen molar-refractivity contribution in [3.05, 3.63) is 30.4 Å². The maximum absolute atomic E-state index is 5.61. The minimum absolute atomic E-state index is 0.544. The zero-order valence-corrected chi connectivity index (χ0v) is 10.4. The van der Waals surface area contributed by atoms with Crippen LogP contribution < -0.4 is 14.8 Å². The van der Waals surface area contributed by atoms with Gasteiger partial charge in [0.05, 0.1) is 13.2 Å². The summed E-state index contributed by atoms with van der Waals surface area (Å²) in [5, 5.41) is 3.27. The maximum atomic E-state index is 5.61. The number of fused-ring (bicyclic) bond motifs is 1. The van der Waals surface area contributed by atoms with Gasteiger partial charge in [0, 0.05) is 30.6 Å².